The van der Waals surface area contributed by atoms with Crippen LogP contribution in [0.1, 0.15) is 36.8 Å². The summed E-state index contributed by atoms with van der Waals surface area (Å²) in [6.07, 6.45) is 2.33. The zero-order chi connectivity index (χ0) is 22.9. The van der Waals surface area contributed by atoms with Crippen LogP contribution in [-0.2, 0) is 14.6 Å². The van der Waals surface area contributed by atoms with E-state index in [0.717, 1.165) is 29.8 Å². The Hall–Kier alpha value is -2.54. The number of amides is 1. The molecule has 1 amide bonds. The first-order valence-corrected chi connectivity index (χ1v) is 12.8. The number of anilines is 1. The lowest BCUT2D eigenvalue weighted by Crippen LogP contribution is -2.57. The largest absolute Gasteiger partial charge is 0.497 e. The SMILES string of the molecule is COc1cccc(N2CCN(C(=O)C3(S(=O)(=O)c4cc(C)ccc4C)CCCC3)CC2)c1. The number of aryl methyl sites for hydroxylation is 2. The zero-order valence-corrected chi connectivity index (χ0v) is 20.0. The smallest absolute Gasteiger partial charge is 0.244 e. The van der Waals surface area contributed by atoms with Crippen molar-refractivity contribution >= 4 is 21.4 Å². The van der Waals surface area contributed by atoms with E-state index in [1.54, 1.807) is 18.1 Å². The Morgan fingerprint density at radius 3 is 2.31 bits per heavy atom. The van der Waals surface area contributed by atoms with Crippen LogP contribution in [0.15, 0.2) is 47.4 Å². The minimum absolute atomic E-state index is 0.221. The molecule has 4 rings (SSSR count). The standard InChI is InChI=1S/C25H32N2O4S/c1-19-9-10-20(2)23(17-19)32(29,30)25(11-4-5-12-25)24(28)27-15-13-26(14-16-27)21-7-6-8-22(18-21)31-3/h6-10,17-18H,4-5,11-16H2,1-3H3. The Bertz CT molecular complexity index is 1100. The van der Waals surface area contributed by atoms with Crippen LogP contribution in [0.3, 0.4) is 0 Å². The number of methoxy groups -OCH3 is 1. The molecule has 1 saturated heterocycles. The normalized spacial score (nSPS) is 18.6. The molecule has 0 N–H and O–H groups in total. The van der Waals surface area contributed by atoms with Gasteiger partial charge in [-0.25, -0.2) is 8.42 Å². The summed E-state index contributed by atoms with van der Waals surface area (Å²) in [6, 6.07) is 13.3. The molecule has 1 aliphatic carbocycles. The average Bonchev–Trinajstić information content (AvgIpc) is 3.32. The van der Waals surface area contributed by atoms with Crippen LogP contribution in [0.2, 0.25) is 0 Å². The van der Waals surface area contributed by atoms with E-state index >= 15 is 0 Å². The Morgan fingerprint density at radius 1 is 0.969 bits per heavy atom. The van der Waals surface area contributed by atoms with Crippen molar-refractivity contribution in [2.75, 3.05) is 38.2 Å². The van der Waals surface area contributed by atoms with Crippen molar-refractivity contribution in [2.24, 2.45) is 0 Å². The maximum absolute atomic E-state index is 13.9. The van der Waals surface area contributed by atoms with Crippen molar-refractivity contribution in [1.29, 1.82) is 0 Å². The van der Waals surface area contributed by atoms with E-state index in [4.69, 9.17) is 4.74 Å². The molecule has 0 radical (unpaired) electrons. The molecule has 2 aromatic rings. The Kier molecular flexibility index (Phi) is 6.21. The maximum atomic E-state index is 13.9. The highest BCUT2D eigenvalue weighted by Crippen LogP contribution is 2.43. The molecule has 1 heterocycles. The van der Waals surface area contributed by atoms with Crippen molar-refractivity contribution in [3.05, 3.63) is 53.6 Å². The van der Waals surface area contributed by atoms with E-state index < -0.39 is 14.6 Å². The van der Waals surface area contributed by atoms with Gasteiger partial charge in [-0.15, -0.1) is 0 Å². The highest BCUT2D eigenvalue weighted by atomic mass is 32.2. The molecular weight excluding hydrogens is 424 g/mol. The van der Waals surface area contributed by atoms with Gasteiger partial charge < -0.3 is 14.5 Å². The monoisotopic (exact) mass is 456 g/mol. The molecule has 6 nitrogen and oxygen atoms in total. The predicted octanol–water partition coefficient (Wildman–Crippen LogP) is 3.75. The Labute approximate surface area is 191 Å². The highest BCUT2D eigenvalue weighted by Gasteiger charge is 2.55. The number of ether oxygens (including phenoxy) is 1. The van der Waals surface area contributed by atoms with E-state index in [2.05, 4.69) is 4.90 Å². The van der Waals surface area contributed by atoms with Gasteiger partial charge in [-0.2, -0.15) is 0 Å². The van der Waals surface area contributed by atoms with Crippen LogP contribution < -0.4 is 9.64 Å². The van der Waals surface area contributed by atoms with Crippen molar-refractivity contribution in [1.82, 2.24) is 4.90 Å². The molecular formula is C25H32N2O4S. The first-order valence-electron chi connectivity index (χ1n) is 11.3. The summed E-state index contributed by atoms with van der Waals surface area (Å²) in [7, 11) is -2.15. The second-order valence-corrected chi connectivity index (χ2v) is 11.2. The molecule has 0 atom stereocenters. The van der Waals surface area contributed by atoms with Gasteiger partial charge in [0.1, 0.15) is 5.75 Å². The van der Waals surface area contributed by atoms with Gasteiger partial charge in [0.25, 0.3) is 0 Å². The molecule has 0 spiro atoms. The molecule has 0 unspecified atom stereocenters. The van der Waals surface area contributed by atoms with Gasteiger partial charge in [-0.1, -0.05) is 31.0 Å². The van der Waals surface area contributed by atoms with Crippen LogP contribution in [-0.4, -0.2) is 57.3 Å². The quantitative estimate of drug-likeness (QED) is 0.686. The molecule has 0 bridgehead atoms. The summed E-state index contributed by atoms with van der Waals surface area (Å²) in [5.41, 5.74) is 2.65. The molecule has 1 saturated carbocycles. The van der Waals surface area contributed by atoms with Crippen molar-refractivity contribution in [3.8, 4) is 5.75 Å². The minimum Gasteiger partial charge on any atom is -0.497 e. The van der Waals surface area contributed by atoms with E-state index in [1.165, 1.54) is 0 Å². The summed E-state index contributed by atoms with van der Waals surface area (Å²) < 4.78 is 31.8. The summed E-state index contributed by atoms with van der Waals surface area (Å²) in [4.78, 5) is 18.1. The first kappa shape index (κ1) is 22.6. The molecule has 0 aromatic heterocycles. The van der Waals surface area contributed by atoms with E-state index in [9.17, 15) is 13.2 Å². The van der Waals surface area contributed by atoms with Crippen molar-refractivity contribution < 1.29 is 17.9 Å². The van der Waals surface area contributed by atoms with Gasteiger partial charge >= 0.3 is 0 Å². The number of carbonyl (C=O) groups is 1. The van der Waals surface area contributed by atoms with E-state index in [1.807, 2.05) is 50.2 Å². The number of carbonyl (C=O) groups excluding carboxylic acids is 1. The first-order chi connectivity index (χ1) is 15.3. The third-order valence-corrected chi connectivity index (χ3v) is 9.56. The molecule has 2 aromatic carbocycles. The summed E-state index contributed by atoms with van der Waals surface area (Å²) in [5.74, 6) is 0.576. The van der Waals surface area contributed by atoms with Gasteiger partial charge in [-0.3, -0.25) is 4.79 Å². The van der Waals surface area contributed by atoms with Gasteiger partial charge in [-0.05, 0) is 56.0 Å². The van der Waals surface area contributed by atoms with E-state index in [0.29, 0.717) is 49.5 Å². The summed E-state index contributed by atoms with van der Waals surface area (Å²) in [6.45, 7) is 6.06. The zero-order valence-electron chi connectivity index (χ0n) is 19.1. The molecule has 7 heteroatoms. The van der Waals surface area contributed by atoms with Gasteiger partial charge in [0.2, 0.25) is 5.91 Å². The Morgan fingerprint density at radius 2 is 1.66 bits per heavy atom. The fraction of sp³-hybridized carbons (Fsp3) is 0.480. The Balaban J connectivity index is 1.57. The van der Waals surface area contributed by atoms with Gasteiger partial charge in [0, 0.05) is 37.9 Å². The van der Waals surface area contributed by atoms with Crippen LogP contribution in [0, 0.1) is 13.8 Å². The summed E-state index contributed by atoms with van der Waals surface area (Å²) in [5, 5.41) is 0. The number of benzene rings is 2. The van der Waals surface area contributed by atoms with Gasteiger partial charge in [0.05, 0.1) is 12.0 Å². The second-order valence-electron chi connectivity index (χ2n) is 8.95. The lowest BCUT2D eigenvalue weighted by atomic mass is 10.0. The third kappa shape index (κ3) is 3.87. The summed E-state index contributed by atoms with van der Waals surface area (Å²) >= 11 is 0. The molecule has 2 fully saturated rings. The fourth-order valence-electron chi connectivity index (χ4n) is 5.01. The predicted molar refractivity (Wildman–Crippen MR) is 126 cm³/mol. The number of piperazine rings is 1. The average molecular weight is 457 g/mol. The topological polar surface area (TPSA) is 66.9 Å². The van der Waals surface area contributed by atoms with Crippen LogP contribution in [0.5, 0.6) is 5.75 Å². The van der Waals surface area contributed by atoms with E-state index in [-0.39, 0.29) is 5.91 Å². The molecule has 32 heavy (non-hydrogen) atoms. The van der Waals surface area contributed by atoms with Crippen LogP contribution in [0.25, 0.3) is 0 Å². The fourth-order valence-corrected chi connectivity index (χ4v) is 7.45. The molecule has 1 aliphatic heterocycles. The number of nitrogens with zero attached hydrogens (tertiary/aromatic N) is 2. The second kappa shape index (κ2) is 8.77. The van der Waals surface area contributed by atoms with Crippen LogP contribution in [0.4, 0.5) is 5.69 Å². The molecule has 2 aliphatic rings. The maximum Gasteiger partial charge on any atom is 0.244 e. The number of rotatable bonds is 5. The van der Waals surface area contributed by atoms with Crippen LogP contribution >= 0.6 is 0 Å². The minimum atomic E-state index is -3.80. The van der Waals surface area contributed by atoms with Gasteiger partial charge in [0.15, 0.2) is 14.6 Å². The lowest BCUT2D eigenvalue weighted by Gasteiger charge is -2.40. The number of hydrogen-bond donors (Lipinski definition) is 0. The van der Waals surface area contributed by atoms with Crippen molar-refractivity contribution in [3.63, 3.8) is 0 Å². The molecule has 172 valence electrons. The van der Waals surface area contributed by atoms with Crippen molar-refractivity contribution in [2.45, 2.75) is 49.2 Å². The highest BCUT2D eigenvalue weighted by molar-refractivity contribution is 7.93. The number of hydrogen-bond acceptors (Lipinski definition) is 5. The number of sulfone groups is 1. The lowest BCUT2D eigenvalue weighted by molar-refractivity contribution is -0.134. The third-order valence-electron chi connectivity index (χ3n) is 6.93.